The summed E-state index contributed by atoms with van der Waals surface area (Å²) in [6.07, 6.45) is 0. The fourth-order valence-electron chi connectivity index (χ4n) is 3.20. The van der Waals surface area contributed by atoms with Gasteiger partial charge in [-0.1, -0.05) is 22.1 Å². The summed E-state index contributed by atoms with van der Waals surface area (Å²) in [7, 11) is -1.19. The van der Waals surface area contributed by atoms with Crippen LogP contribution in [0.15, 0.2) is 47.4 Å². The fraction of sp³-hybridized carbons (Fsp3) is 0.350. The Labute approximate surface area is 180 Å². The van der Waals surface area contributed by atoms with Gasteiger partial charge in [0, 0.05) is 50.4 Å². The molecule has 0 unspecified atom stereocenters. The number of hydroxylamine groups is 1. The van der Waals surface area contributed by atoms with Crippen LogP contribution in [0.25, 0.3) is 0 Å². The average Bonchev–Trinajstić information content (AvgIpc) is 2.75. The highest BCUT2D eigenvalue weighted by Gasteiger charge is 2.24. The van der Waals surface area contributed by atoms with Crippen LogP contribution in [-0.2, 0) is 21.4 Å². The van der Waals surface area contributed by atoms with E-state index in [-0.39, 0.29) is 16.6 Å². The second-order valence-electron chi connectivity index (χ2n) is 6.93. The van der Waals surface area contributed by atoms with Crippen LogP contribution >= 0.6 is 11.6 Å². The van der Waals surface area contributed by atoms with Crippen LogP contribution in [0.3, 0.4) is 0 Å². The Morgan fingerprint density at radius 3 is 2.33 bits per heavy atom. The van der Waals surface area contributed by atoms with Gasteiger partial charge in [0.05, 0.1) is 12.0 Å². The number of rotatable bonds is 6. The van der Waals surface area contributed by atoms with Gasteiger partial charge in [0.15, 0.2) is 0 Å². The number of sulfonamides is 1. The Balaban J connectivity index is 1.60. The Kier molecular flexibility index (Phi) is 7.10. The number of hydrogen-bond donors (Lipinski definition) is 0. The van der Waals surface area contributed by atoms with Gasteiger partial charge in [-0.05, 0) is 42.0 Å². The van der Waals surface area contributed by atoms with Crippen LogP contribution in [0, 0.1) is 5.82 Å². The third-order valence-corrected chi connectivity index (χ3v) is 7.11. The molecule has 0 N–H and O–H groups in total. The lowest BCUT2D eigenvalue weighted by Crippen LogP contribution is -2.48. The maximum absolute atomic E-state index is 13.2. The second-order valence-corrected chi connectivity index (χ2v) is 9.27. The molecule has 0 saturated carbocycles. The summed E-state index contributed by atoms with van der Waals surface area (Å²) in [6, 6.07) is 10.1. The molecule has 1 heterocycles. The Bertz CT molecular complexity index is 1010. The zero-order chi connectivity index (χ0) is 21.9. The van der Waals surface area contributed by atoms with Gasteiger partial charge >= 0.3 is 0 Å². The molecule has 3 rings (SSSR count). The van der Waals surface area contributed by atoms with E-state index in [1.54, 1.807) is 11.0 Å². The Hall–Kier alpha value is -2.04. The van der Waals surface area contributed by atoms with E-state index < -0.39 is 10.0 Å². The lowest BCUT2D eigenvalue weighted by atomic mass is 10.1. The van der Waals surface area contributed by atoms with E-state index in [1.807, 2.05) is 0 Å². The molecule has 2 aromatic rings. The molecule has 1 fully saturated rings. The van der Waals surface area contributed by atoms with Crippen LogP contribution in [0.2, 0.25) is 5.02 Å². The van der Waals surface area contributed by atoms with Crippen LogP contribution < -0.4 is 0 Å². The largest absolute Gasteiger partial charge is 0.336 e. The smallest absolute Gasteiger partial charge is 0.264 e. The number of benzene rings is 2. The Morgan fingerprint density at radius 2 is 1.77 bits per heavy atom. The van der Waals surface area contributed by atoms with Crippen molar-refractivity contribution in [2.75, 3.05) is 40.3 Å². The minimum absolute atomic E-state index is 0.0457. The minimum Gasteiger partial charge on any atom is -0.336 e. The molecule has 0 radical (unpaired) electrons. The summed E-state index contributed by atoms with van der Waals surface area (Å²) in [5.41, 5.74) is 1.26. The van der Waals surface area contributed by atoms with Crippen molar-refractivity contribution in [1.29, 1.82) is 0 Å². The molecule has 30 heavy (non-hydrogen) atoms. The van der Waals surface area contributed by atoms with Crippen LogP contribution in [0.1, 0.15) is 15.9 Å². The number of carbonyl (C=O) groups excluding carboxylic acids is 1. The zero-order valence-electron chi connectivity index (χ0n) is 16.7. The normalized spacial score (nSPS) is 15.6. The van der Waals surface area contributed by atoms with Crippen molar-refractivity contribution < 1.29 is 22.4 Å². The summed E-state index contributed by atoms with van der Waals surface area (Å²) in [6.45, 7) is 2.96. The molecule has 1 saturated heterocycles. The van der Waals surface area contributed by atoms with E-state index in [1.165, 1.54) is 50.6 Å². The first-order valence-electron chi connectivity index (χ1n) is 9.31. The third kappa shape index (κ3) is 4.98. The number of piperazine rings is 1. The third-order valence-electron chi connectivity index (χ3n) is 5.06. The van der Waals surface area contributed by atoms with Gasteiger partial charge < -0.3 is 4.90 Å². The van der Waals surface area contributed by atoms with Crippen molar-refractivity contribution in [2.45, 2.75) is 11.4 Å². The number of nitrogens with zero attached hydrogens (tertiary/aromatic N) is 3. The van der Waals surface area contributed by atoms with Crippen LogP contribution in [0.4, 0.5) is 4.39 Å². The van der Waals surface area contributed by atoms with Crippen molar-refractivity contribution in [3.8, 4) is 0 Å². The Morgan fingerprint density at radius 1 is 1.13 bits per heavy atom. The molecule has 10 heteroatoms. The number of amides is 1. The molecule has 1 amide bonds. The van der Waals surface area contributed by atoms with Crippen molar-refractivity contribution in [3.05, 3.63) is 64.4 Å². The first kappa shape index (κ1) is 22.6. The van der Waals surface area contributed by atoms with Crippen molar-refractivity contribution in [1.82, 2.24) is 14.3 Å². The molecular formula is C20H23ClFN3O4S. The highest BCUT2D eigenvalue weighted by molar-refractivity contribution is 7.89. The molecule has 1 aliphatic rings. The maximum Gasteiger partial charge on any atom is 0.264 e. The van der Waals surface area contributed by atoms with Gasteiger partial charge in [0.25, 0.3) is 15.9 Å². The first-order chi connectivity index (χ1) is 14.2. The molecule has 0 aliphatic carbocycles. The van der Waals surface area contributed by atoms with Gasteiger partial charge in [-0.3, -0.25) is 14.5 Å². The van der Waals surface area contributed by atoms with E-state index in [0.29, 0.717) is 43.3 Å². The second kappa shape index (κ2) is 9.40. The number of carbonyl (C=O) groups is 1. The first-order valence-corrected chi connectivity index (χ1v) is 11.1. The topological polar surface area (TPSA) is 70.2 Å². The van der Waals surface area contributed by atoms with E-state index >= 15 is 0 Å². The molecule has 162 valence electrons. The predicted octanol–water partition coefficient (Wildman–Crippen LogP) is 2.62. The minimum atomic E-state index is -3.75. The molecule has 7 nitrogen and oxygen atoms in total. The van der Waals surface area contributed by atoms with Gasteiger partial charge in [0.2, 0.25) is 0 Å². The maximum atomic E-state index is 13.2. The van der Waals surface area contributed by atoms with Crippen molar-refractivity contribution >= 4 is 27.5 Å². The van der Waals surface area contributed by atoms with Gasteiger partial charge in [-0.25, -0.2) is 12.8 Å². The van der Waals surface area contributed by atoms with Gasteiger partial charge in [-0.2, -0.15) is 0 Å². The highest BCUT2D eigenvalue weighted by atomic mass is 35.5. The summed E-state index contributed by atoms with van der Waals surface area (Å²) in [4.78, 5) is 21.4. The molecule has 0 atom stereocenters. The highest BCUT2D eigenvalue weighted by Crippen LogP contribution is 2.21. The fourth-order valence-corrected chi connectivity index (χ4v) is 4.40. The average molecular weight is 456 g/mol. The molecule has 0 bridgehead atoms. The SMILES string of the molecule is CON(C)S(=O)(=O)c1ccc(C(=O)N2CCN(Cc3ccc(F)cc3Cl)CC2)cc1. The zero-order valence-corrected chi connectivity index (χ0v) is 18.3. The summed E-state index contributed by atoms with van der Waals surface area (Å²) < 4.78 is 38.4. The van der Waals surface area contributed by atoms with E-state index in [9.17, 15) is 17.6 Å². The summed E-state index contributed by atoms with van der Waals surface area (Å²) in [5, 5.41) is 0.391. The lowest BCUT2D eigenvalue weighted by molar-refractivity contribution is -0.0258. The van der Waals surface area contributed by atoms with Crippen molar-refractivity contribution in [3.63, 3.8) is 0 Å². The van der Waals surface area contributed by atoms with E-state index in [0.717, 1.165) is 10.0 Å². The monoisotopic (exact) mass is 455 g/mol. The molecule has 2 aromatic carbocycles. The number of halogens is 2. The summed E-state index contributed by atoms with van der Waals surface area (Å²) >= 11 is 6.10. The molecule has 0 aromatic heterocycles. The van der Waals surface area contributed by atoms with Crippen LogP contribution in [0.5, 0.6) is 0 Å². The van der Waals surface area contributed by atoms with E-state index in [4.69, 9.17) is 16.4 Å². The molecule has 1 aliphatic heterocycles. The molecule has 0 spiro atoms. The van der Waals surface area contributed by atoms with Crippen LogP contribution in [-0.4, -0.2) is 68.9 Å². The standard InChI is InChI=1S/C20H23ClFN3O4S/c1-23(29-2)30(27,28)18-7-4-15(5-8-18)20(26)25-11-9-24(10-12-25)14-16-3-6-17(22)13-19(16)21/h3-8,13H,9-12,14H2,1-2H3. The van der Waals surface area contributed by atoms with Crippen molar-refractivity contribution in [2.24, 2.45) is 0 Å². The van der Waals surface area contributed by atoms with E-state index in [2.05, 4.69) is 4.90 Å². The lowest BCUT2D eigenvalue weighted by Gasteiger charge is -2.35. The van der Waals surface area contributed by atoms with Gasteiger partial charge in [-0.15, -0.1) is 0 Å². The number of hydrogen-bond acceptors (Lipinski definition) is 5. The predicted molar refractivity (Wildman–Crippen MR) is 111 cm³/mol. The molecular weight excluding hydrogens is 433 g/mol. The van der Waals surface area contributed by atoms with Gasteiger partial charge in [0.1, 0.15) is 5.82 Å². The summed E-state index contributed by atoms with van der Waals surface area (Å²) in [5.74, 6) is -0.523. The quantitative estimate of drug-likeness (QED) is 0.626.